The van der Waals surface area contributed by atoms with Crippen molar-refractivity contribution in [3.05, 3.63) is 34.9 Å². The fraction of sp³-hybridized carbons (Fsp3) is 0.625. The molecule has 0 aromatic heterocycles. The monoisotopic (exact) mass is 278 g/mol. The molecule has 106 valence electrons. The van der Waals surface area contributed by atoms with Crippen molar-refractivity contribution in [2.45, 2.75) is 26.8 Å². The zero-order valence-corrected chi connectivity index (χ0v) is 13.2. The van der Waals surface area contributed by atoms with Crippen molar-refractivity contribution in [3.63, 3.8) is 0 Å². The second-order valence-electron chi connectivity index (χ2n) is 5.47. The first kappa shape index (κ1) is 14.9. The Kier molecular flexibility index (Phi) is 5.74. The van der Waals surface area contributed by atoms with Gasteiger partial charge in [0.2, 0.25) is 0 Å². The standard InChI is InChI=1S/C16H26N2S/c1-13-4-5-16(12-14(13)2)15(3)17-6-7-18-8-10-19-11-9-18/h4-5,12,15,17H,6-11H2,1-3H3. The third-order valence-electron chi connectivity index (χ3n) is 4.01. The lowest BCUT2D eigenvalue weighted by Crippen LogP contribution is -2.38. The molecule has 0 saturated carbocycles. The molecule has 0 bridgehead atoms. The normalized spacial score (nSPS) is 18.5. The van der Waals surface area contributed by atoms with E-state index in [2.05, 4.69) is 60.9 Å². The van der Waals surface area contributed by atoms with Gasteiger partial charge in [-0.3, -0.25) is 0 Å². The topological polar surface area (TPSA) is 15.3 Å². The van der Waals surface area contributed by atoms with Crippen LogP contribution in [0.15, 0.2) is 18.2 Å². The molecular weight excluding hydrogens is 252 g/mol. The Hall–Kier alpha value is -0.510. The number of nitrogens with one attached hydrogen (secondary N) is 1. The highest BCUT2D eigenvalue weighted by Gasteiger charge is 2.11. The second kappa shape index (κ2) is 7.32. The van der Waals surface area contributed by atoms with Gasteiger partial charge < -0.3 is 10.2 Å². The average molecular weight is 278 g/mol. The summed E-state index contributed by atoms with van der Waals surface area (Å²) in [5, 5.41) is 3.64. The number of rotatable bonds is 5. The number of nitrogens with zero attached hydrogens (tertiary/aromatic N) is 1. The van der Waals surface area contributed by atoms with E-state index in [9.17, 15) is 0 Å². The summed E-state index contributed by atoms with van der Waals surface area (Å²) >= 11 is 2.08. The molecule has 1 aliphatic rings. The van der Waals surface area contributed by atoms with Crippen LogP contribution in [-0.2, 0) is 0 Å². The molecule has 0 radical (unpaired) electrons. The quantitative estimate of drug-likeness (QED) is 0.891. The van der Waals surface area contributed by atoms with E-state index < -0.39 is 0 Å². The molecule has 1 fully saturated rings. The van der Waals surface area contributed by atoms with Gasteiger partial charge >= 0.3 is 0 Å². The highest BCUT2D eigenvalue weighted by atomic mass is 32.2. The third kappa shape index (κ3) is 4.51. The largest absolute Gasteiger partial charge is 0.309 e. The van der Waals surface area contributed by atoms with E-state index in [0.717, 1.165) is 6.54 Å². The summed E-state index contributed by atoms with van der Waals surface area (Å²) < 4.78 is 0. The number of aryl methyl sites for hydroxylation is 2. The van der Waals surface area contributed by atoms with Crippen molar-refractivity contribution in [3.8, 4) is 0 Å². The third-order valence-corrected chi connectivity index (χ3v) is 4.96. The molecule has 0 amide bonds. The van der Waals surface area contributed by atoms with Crippen LogP contribution < -0.4 is 5.32 Å². The fourth-order valence-corrected chi connectivity index (χ4v) is 3.39. The Labute approximate surface area is 122 Å². The van der Waals surface area contributed by atoms with Crippen molar-refractivity contribution in [1.29, 1.82) is 0 Å². The van der Waals surface area contributed by atoms with Gasteiger partial charge in [0.1, 0.15) is 0 Å². The molecule has 3 heteroatoms. The van der Waals surface area contributed by atoms with Crippen LogP contribution in [0.5, 0.6) is 0 Å². The van der Waals surface area contributed by atoms with Gasteiger partial charge in [-0.2, -0.15) is 11.8 Å². The summed E-state index contributed by atoms with van der Waals surface area (Å²) in [6.07, 6.45) is 0. The number of hydrogen-bond acceptors (Lipinski definition) is 3. The first-order valence-electron chi connectivity index (χ1n) is 7.27. The molecule has 1 N–H and O–H groups in total. The maximum absolute atomic E-state index is 3.64. The molecule has 1 aromatic rings. The summed E-state index contributed by atoms with van der Waals surface area (Å²) in [5.41, 5.74) is 4.17. The predicted molar refractivity (Wildman–Crippen MR) is 86.1 cm³/mol. The Bertz CT molecular complexity index is 400. The van der Waals surface area contributed by atoms with Crippen LogP contribution >= 0.6 is 11.8 Å². The molecular formula is C16H26N2S. The minimum atomic E-state index is 0.443. The highest BCUT2D eigenvalue weighted by molar-refractivity contribution is 7.99. The van der Waals surface area contributed by atoms with Gasteiger partial charge in [0.05, 0.1) is 0 Å². The zero-order valence-electron chi connectivity index (χ0n) is 12.4. The number of hydrogen-bond donors (Lipinski definition) is 1. The van der Waals surface area contributed by atoms with Crippen molar-refractivity contribution in [1.82, 2.24) is 10.2 Å². The van der Waals surface area contributed by atoms with Gasteiger partial charge in [0.15, 0.2) is 0 Å². The SMILES string of the molecule is Cc1ccc(C(C)NCCN2CCSCC2)cc1C. The van der Waals surface area contributed by atoms with Crippen molar-refractivity contribution in [2.24, 2.45) is 0 Å². The zero-order chi connectivity index (χ0) is 13.7. The minimum absolute atomic E-state index is 0.443. The van der Waals surface area contributed by atoms with Crippen LogP contribution in [0.25, 0.3) is 0 Å². The van der Waals surface area contributed by atoms with Crippen molar-refractivity contribution < 1.29 is 0 Å². The van der Waals surface area contributed by atoms with Gasteiger partial charge in [-0.15, -0.1) is 0 Å². The van der Waals surface area contributed by atoms with Crippen LogP contribution in [0.4, 0.5) is 0 Å². The lowest BCUT2D eigenvalue weighted by Gasteiger charge is -2.27. The van der Waals surface area contributed by atoms with Gasteiger partial charge in [0, 0.05) is 43.7 Å². The van der Waals surface area contributed by atoms with Gasteiger partial charge in [0.25, 0.3) is 0 Å². The fourth-order valence-electron chi connectivity index (χ4n) is 2.42. The molecule has 1 aliphatic heterocycles. The molecule has 1 unspecified atom stereocenters. The minimum Gasteiger partial charge on any atom is -0.309 e. The molecule has 0 aliphatic carbocycles. The molecule has 2 nitrogen and oxygen atoms in total. The van der Waals surface area contributed by atoms with E-state index in [1.165, 1.54) is 47.8 Å². The Morgan fingerprint density at radius 1 is 1.21 bits per heavy atom. The summed E-state index contributed by atoms with van der Waals surface area (Å²) in [6, 6.07) is 7.23. The Balaban J connectivity index is 1.76. The van der Waals surface area contributed by atoms with Crippen molar-refractivity contribution in [2.75, 3.05) is 37.7 Å². The van der Waals surface area contributed by atoms with E-state index in [-0.39, 0.29) is 0 Å². The van der Waals surface area contributed by atoms with E-state index in [1.54, 1.807) is 0 Å². The van der Waals surface area contributed by atoms with E-state index >= 15 is 0 Å². The molecule has 0 spiro atoms. The molecule has 1 aromatic carbocycles. The maximum atomic E-state index is 3.64. The Morgan fingerprint density at radius 3 is 2.63 bits per heavy atom. The molecule has 19 heavy (non-hydrogen) atoms. The lowest BCUT2D eigenvalue weighted by atomic mass is 10.0. The van der Waals surface area contributed by atoms with E-state index in [1.807, 2.05) is 0 Å². The Morgan fingerprint density at radius 2 is 1.95 bits per heavy atom. The summed E-state index contributed by atoms with van der Waals surface area (Å²) in [6.45, 7) is 11.4. The van der Waals surface area contributed by atoms with Gasteiger partial charge in [-0.05, 0) is 37.5 Å². The van der Waals surface area contributed by atoms with Crippen LogP contribution in [0.1, 0.15) is 29.7 Å². The van der Waals surface area contributed by atoms with E-state index in [0.29, 0.717) is 6.04 Å². The van der Waals surface area contributed by atoms with Crippen molar-refractivity contribution >= 4 is 11.8 Å². The smallest absolute Gasteiger partial charge is 0.0292 e. The predicted octanol–water partition coefficient (Wildman–Crippen LogP) is 3.00. The summed E-state index contributed by atoms with van der Waals surface area (Å²) in [7, 11) is 0. The van der Waals surface area contributed by atoms with E-state index in [4.69, 9.17) is 0 Å². The number of benzene rings is 1. The van der Waals surface area contributed by atoms with Gasteiger partial charge in [-0.1, -0.05) is 18.2 Å². The molecule has 1 saturated heterocycles. The first-order chi connectivity index (χ1) is 9.16. The van der Waals surface area contributed by atoms with Crippen LogP contribution in [0.2, 0.25) is 0 Å². The maximum Gasteiger partial charge on any atom is 0.0292 e. The molecule has 1 heterocycles. The lowest BCUT2D eigenvalue weighted by molar-refractivity contribution is 0.297. The molecule has 1 atom stereocenters. The van der Waals surface area contributed by atoms with Crippen LogP contribution in [0.3, 0.4) is 0 Å². The van der Waals surface area contributed by atoms with Crippen LogP contribution in [0, 0.1) is 13.8 Å². The second-order valence-corrected chi connectivity index (χ2v) is 6.70. The highest BCUT2D eigenvalue weighted by Crippen LogP contribution is 2.16. The van der Waals surface area contributed by atoms with Crippen LogP contribution in [-0.4, -0.2) is 42.6 Å². The summed E-state index contributed by atoms with van der Waals surface area (Å²) in [5.74, 6) is 2.60. The molecule has 2 rings (SSSR count). The average Bonchev–Trinajstić information content (AvgIpc) is 2.43. The number of thioether (sulfide) groups is 1. The summed E-state index contributed by atoms with van der Waals surface area (Å²) in [4.78, 5) is 2.57. The van der Waals surface area contributed by atoms with Gasteiger partial charge in [-0.25, -0.2) is 0 Å². The first-order valence-corrected chi connectivity index (χ1v) is 8.43.